The number of aliphatic carboxylic acids is 1. The van der Waals surface area contributed by atoms with Crippen molar-refractivity contribution in [1.29, 1.82) is 0 Å². The number of benzene rings is 1. The second kappa shape index (κ2) is 7.85. The van der Waals surface area contributed by atoms with Crippen molar-refractivity contribution in [2.45, 2.75) is 17.7 Å². The van der Waals surface area contributed by atoms with Gasteiger partial charge in [-0.25, -0.2) is 17.5 Å². The lowest BCUT2D eigenvalue weighted by atomic mass is 10.3. The minimum absolute atomic E-state index is 0.0544. The van der Waals surface area contributed by atoms with Crippen LogP contribution in [0.15, 0.2) is 29.2 Å². The predicted octanol–water partition coefficient (Wildman–Crippen LogP) is 0.427. The Labute approximate surface area is 127 Å². The lowest BCUT2D eigenvalue weighted by Crippen LogP contribution is -2.33. The van der Waals surface area contributed by atoms with Crippen molar-refractivity contribution in [2.24, 2.45) is 0 Å². The third-order valence-electron chi connectivity index (χ3n) is 2.84. The summed E-state index contributed by atoms with van der Waals surface area (Å²) in [7, 11) is -2.36. The molecule has 1 rings (SSSR count). The maximum Gasteiger partial charge on any atom is 0.305 e. The van der Waals surface area contributed by atoms with E-state index < -0.39 is 21.8 Å². The molecule has 2 N–H and O–H groups in total. The van der Waals surface area contributed by atoms with Crippen LogP contribution in [0.3, 0.4) is 0 Å². The first-order valence-electron chi connectivity index (χ1n) is 6.43. The molecule has 0 radical (unpaired) electrons. The van der Waals surface area contributed by atoms with Gasteiger partial charge in [0.15, 0.2) is 0 Å². The summed E-state index contributed by atoms with van der Waals surface area (Å²) in [6.07, 6.45) is -0.278. The number of nitrogens with one attached hydrogen (secondary N) is 1. The number of hydrogen-bond acceptors (Lipinski definition) is 4. The van der Waals surface area contributed by atoms with Crippen LogP contribution in [0.1, 0.15) is 12.8 Å². The summed E-state index contributed by atoms with van der Waals surface area (Å²) in [6.45, 7) is -0.0746. The Balaban J connectivity index is 2.47. The number of hydrogen-bond donors (Lipinski definition) is 2. The van der Waals surface area contributed by atoms with Gasteiger partial charge in [-0.15, -0.1) is 0 Å². The van der Waals surface area contributed by atoms with Gasteiger partial charge in [-0.1, -0.05) is 0 Å². The van der Waals surface area contributed by atoms with Gasteiger partial charge in [0.2, 0.25) is 15.9 Å². The second-order valence-electron chi connectivity index (χ2n) is 4.56. The molecule has 22 heavy (non-hydrogen) atoms. The Morgan fingerprint density at radius 1 is 1.23 bits per heavy atom. The Morgan fingerprint density at radius 2 is 1.82 bits per heavy atom. The SMILES string of the molecule is CN(CCC(=O)O)C(=O)CCNS(=O)(=O)c1ccc(F)cc1. The summed E-state index contributed by atoms with van der Waals surface area (Å²) in [5.74, 6) is -1.94. The second-order valence-corrected chi connectivity index (χ2v) is 6.33. The fourth-order valence-corrected chi connectivity index (χ4v) is 2.60. The monoisotopic (exact) mass is 332 g/mol. The van der Waals surface area contributed by atoms with E-state index in [1.165, 1.54) is 11.9 Å². The number of carbonyl (C=O) groups excluding carboxylic acids is 1. The van der Waals surface area contributed by atoms with Crippen molar-refractivity contribution in [3.63, 3.8) is 0 Å². The maximum absolute atomic E-state index is 12.7. The summed E-state index contributed by atoms with van der Waals surface area (Å²) >= 11 is 0. The van der Waals surface area contributed by atoms with Gasteiger partial charge in [0, 0.05) is 26.6 Å². The zero-order valence-electron chi connectivity index (χ0n) is 12.0. The van der Waals surface area contributed by atoms with E-state index >= 15 is 0 Å². The highest BCUT2D eigenvalue weighted by Gasteiger charge is 2.15. The smallest absolute Gasteiger partial charge is 0.305 e. The summed E-state index contributed by atoms with van der Waals surface area (Å²) in [5, 5.41) is 8.52. The molecule has 7 nitrogen and oxygen atoms in total. The highest BCUT2D eigenvalue weighted by atomic mass is 32.2. The van der Waals surface area contributed by atoms with E-state index in [-0.39, 0.29) is 36.7 Å². The zero-order valence-corrected chi connectivity index (χ0v) is 12.8. The normalized spacial score (nSPS) is 11.2. The first-order valence-corrected chi connectivity index (χ1v) is 7.91. The van der Waals surface area contributed by atoms with Gasteiger partial charge in [0.25, 0.3) is 0 Å². The molecule has 0 spiro atoms. The van der Waals surface area contributed by atoms with E-state index in [2.05, 4.69) is 4.72 Å². The number of carboxylic acids is 1. The molecular formula is C13H17FN2O5S. The van der Waals surface area contributed by atoms with E-state index in [0.29, 0.717) is 0 Å². The maximum atomic E-state index is 12.7. The Kier molecular flexibility index (Phi) is 6.44. The standard InChI is InChI=1S/C13H17FN2O5S/c1-16(9-7-13(18)19)12(17)6-8-15-22(20,21)11-4-2-10(14)3-5-11/h2-5,15H,6-9H2,1H3,(H,18,19). The van der Waals surface area contributed by atoms with Crippen molar-refractivity contribution in [3.05, 3.63) is 30.1 Å². The number of halogens is 1. The van der Waals surface area contributed by atoms with Crippen molar-refractivity contribution >= 4 is 21.9 Å². The number of sulfonamides is 1. The van der Waals surface area contributed by atoms with Gasteiger partial charge < -0.3 is 10.0 Å². The minimum Gasteiger partial charge on any atom is -0.481 e. The Morgan fingerprint density at radius 3 is 2.36 bits per heavy atom. The topological polar surface area (TPSA) is 104 Å². The van der Waals surface area contributed by atoms with E-state index in [1.54, 1.807) is 0 Å². The van der Waals surface area contributed by atoms with Crippen LogP contribution >= 0.6 is 0 Å². The fourth-order valence-electron chi connectivity index (χ4n) is 1.57. The molecule has 0 aliphatic carbocycles. The van der Waals surface area contributed by atoms with Crippen molar-refractivity contribution in [1.82, 2.24) is 9.62 Å². The van der Waals surface area contributed by atoms with Crippen LogP contribution in [-0.2, 0) is 19.6 Å². The van der Waals surface area contributed by atoms with Gasteiger partial charge in [-0.05, 0) is 24.3 Å². The summed E-state index contributed by atoms with van der Waals surface area (Å²) in [6, 6.07) is 4.30. The van der Waals surface area contributed by atoms with Crippen LogP contribution in [0.4, 0.5) is 4.39 Å². The molecule has 0 aromatic heterocycles. The van der Waals surface area contributed by atoms with Crippen LogP contribution in [0.5, 0.6) is 0 Å². The first kappa shape index (κ1) is 18.1. The molecule has 9 heteroatoms. The highest BCUT2D eigenvalue weighted by molar-refractivity contribution is 7.89. The number of nitrogens with zero attached hydrogens (tertiary/aromatic N) is 1. The molecule has 0 aliphatic rings. The summed E-state index contributed by atoms with van der Waals surface area (Å²) < 4.78 is 38.7. The molecule has 0 unspecified atom stereocenters. The van der Waals surface area contributed by atoms with Crippen LogP contribution in [0, 0.1) is 5.82 Å². The van der Waals surface area contributed by atoms with Gasteiger partial charge in [-0.2, -0.15) is 0 Å². The molecule has 0 aliphatic heterocycles. The molecule has 0 atom stereocenters. The Hall–Kier alpha value is -2.00. The van der Waals surface area contributed by atoms with E-state index in [1.807, 2.05) is 0 Å². The van der Waals surface area contributed by atoms with Crippen molar-refractivity contribution in [2.75, 3.05) is 20.1 Å². The lowest BCUT2D eigenvalue weighted by Gasteiger charge is -2.16. The molecule has 1 aromatic carbocycles. The third kappa shape index (κ3) is 5.78. The number of amides is 1. The quantitative estimate of drug-likeness (QED) is 0.718. The third-order valence-corrected chi connectivity index (χ3v) is 4.32. The van der Waals surface area contributed by atoms with E-state index in [0.717, 1.165) is 24.3 Å². The van der Waals surface area contributed by atoms with Crippen molar-refractivity contribution < 1.29 is 27.5 Å². The van der Waals surface area contributed by atoms with Crippen molar-refractivity contribution in [3.8, 4) is 0 Å². The number of carbonyl (C=O) groups is 2. The largest absolute Gasteiger partial charge is 0.481 e. The average molecular weight is 332 g/mol. The Bertz CT molecular complexity index is 630. The van der Waals surface area contributed by atoms with Crippen LogP contribution in [0.25, 0.3) is 0 Å². The molecule has 0 saturated carbocycles. The van der Waals surface area contributed by atoms with Gasteiger partial charge >= 0.3 is 5.97 Å². The average Bonchev–Trinajstić information content (AvgIpc) is 2.44. The molecule has 0 saturated heterocycles. The van der Waals surface area contributed by atoms with Crippen LogP contribution in [0.2, 0.25) is 0 Å². The molecular weight excluding hydrogens is 315 g/mol. The van der Waals surface area contributed by atoms with Crippen LogP contribution in [-0.4, -0.2) is 50.4 Å². The van der Waals surface area contributed by atoms with E-state index in [4.69, 9.17) is 5.11 Å². The molecule has 0 fully saturated rings. The summed E-state index contributed by atoms with van der Waals surface area (Å²) in [4.78, 5) is 23.2. The highest BCUT2D eigenvalue weighted by Crippen LogP contribution is 2.09. The van der Waals surface area contributed by atoms with Gasteiger partial charge in [0.05, 0.1) is 11.3 Å². The molecule has 0 bridgehead atoms. The summed E-state index contributed by atoms with van der Waals surface area (Å²) in [5.41, 5.74) is 0. The lowest BCUT2D eigenvalue weighted by molar-refractivity contribution is -0.138. The fraction of sp³-hybridized carbons (Fsp3) is 0.385. The molecule has 1 aromatic rings. The van der Waals surface area contributed by atoms with Gasteiger partial charge in [-0.3, -0.25) is 9.59 Å². The molecule has 0 heterocycles. The number of carboxylic acid groups (broad SMARTS) is 1. The molecule has 1 amide bonds. The van der Waals surface area contributed by atoms with E-state index in [9.17, 15) is 22.4 Å². The minimum atomic E-state index is -3.81. The van der Waals surface area contributed by atoms with Gasteiger partial charge in [0.1, 0.15) is 5.82 Å². The first-order chi connectivity index (χ1) is 10.2. The zero-order chi connectivity index (χ0) is 16.8. The number of rotatable bonds is 8. The molecule has 122 valence electrons. The predicted molar refractivity (Wildman–Crippen MR) is 76.1 cm³/mol. The van der Waals surface area contributed by atoms with Crippen LogP contribution < -0.4 is 4.72 Å².